The van der Waals surface area contributed by atoms with E-state index in [1.807, 2.05) is 0 Å². The van der Waals surface area contributed by atoms with Gasteiger partial charge in [-0.05, 0) is 11.0 Å². The Bertz CT molecular complexity index is 11.0. The third-order valence-corrected chi connectivity index (χ3v) is 0. The zero-order chi connectivity index (χ0) is 0. The van der Waals surface area contributed by atoms with Gasteiger partial charge in [0.05, 0.1) is 0 Å². The molecule has 0 aromatic rings. The molecule has 0 heterocycles. The van der Waals surface area contributed by atoms with Gasteiger partial charge in [-0.1, -0.05) is 0 Å². The highest BCUT2D eigenvalue weighted by Crippen LogP contribution is 0.425. The van der Waals surface area contributed by atoms with Crippen molar-refractivity contribution in [2.45, 2.75) is 0 Å². The smallest absolute Gasteiger partial charge is 0.0149 e. The van der Waals surface area contributed by atoms with Crippen molar-refractivity contribution in [3.8, 4) is 0 Å². The average molecular weight is 186 g/mol. The summed E-state index contributed by atoms with van der Waals surface area (Å²) < 4.78 is 0. The summed E-state index contributed by atoms with van der Waals surface area (Å²) in [4.78, 5) is 0. The van der Waals surface area contributed by atoms with Gasteiger partial charge >= 0.3 is 0 Å². The Kier molecular flexibility index (Phi) is 3130000. The van der Waals surface area contributed by atoms with Crippen molar-refractivity contribution >= 4 is 11.0 Å². The first-order valence-corrected chi connectivity index (χ1v) is 0. The molecule has 0 radical (unpaired) electrons. The van der Waals surface area contributed by atoms with Crippen LogP contribution < -0.4 is 12.3 Å². The van der Waals surface area contributed by atoms with E-state index >= 15 is 0 Å². The summed E-state index contributed by atoms with van der Waals surface area (Å²) in [5.74, 6) is 0. The Labute approximate surface area is 52.8 Å². The summed E-state index contributed by atoms with van der Waals surface area (Å²) >= 11 is 0. The number of hydrogen-bond acceptors (Lipinski definition) is 2. The molecule has 9 heteroatoms. The molecule has 0 aromatic heterocycles. The van der Waals surface area contributed by atoms with Crippen molar-refractivity contribution in [2.24, 2.45) is 0 Å². The third-order valence-electron chi connectivity index (χ3n) is 0. The number of halogens is 6. The minimum atomic E-state index is 0. The van der Waals surface area contributed by atoms with Crippen molar-refractivity contribution < 1.29 is 28.2 Å². The van der Waals surface area contributed by atoms with Crippen molar-refractivity contribution in [1.29, 1.82) is 0 Å². The van der Waals surface area contributed by atoms with Crippen LogP contribution in [0.1, 0.15) is 0 Å². The van der Waals surface area contributed by atoms with Crippen LogP contribution in [0, 0.1) is 0 Å². The van der Waals surface area contributed by atoms with Crippen LogP contribution >= 0.6 is 0 Å². The lowest BCUT2D eigenvalue weighted by molar-refractivity contribution is 1.11. The molecule has 0 atom stereocenters. The molecule has 0 aliphatic rings. The van der Waals surface area contributed by atoms with Gasteiger partial charge < -0.3 is 12.3 Å². The molecular weight excluding hydrogens is 170 g/mol. The number of rotatable bonds is 0. The van der Waals surface area contributed by atoms with Crippen LogP contribution in [0.4, 0.5) is 28.2 Å². The van der Waals surface area contributed by atoms with E-state index in [4.69, 9.17) is 0 Å². The zero-order valence-corrected chi connectivity index (χ0v) is 3.86. The monoisotopic (exact) mass is 186 g/mol. The summed E-state index contributed by atoms with van der Waals surface area (Å²) in [6, 6.07) is 0. The SMILES string of the molecule is F.F.F.F.F.F.N.N.[SiH4]. The van der Waals surface area contributed by atoms with Crippen LogP contribution in [0.2, 0.25) is 0 Å². The lowest BCUT2D eigenvalue weighted by Crippen LogP contribution is -0.482. The molecule has 0 fully saturated rings. The van der Waals surface area contributed by atoms with Crippen LogP contribution in [-0.4, -0.2) is 11.0 Å². The highest BCUT2D eigenvalue weighted by molar-refractivity contribution is 5.75. The van der Waals surface area contributed by atoms with Crippen LogP contribution in [0.15, 0.2) is 0 Å². The summed E-state index contributed by atoms with van der Waals surface area (Å²) in [7, 11) is 0. The largest absolute Gasteiger partial charge is 0.344 e. The van der Waals surface area contributed by atoms with Crippen LogP contribution in [0.5, 0.6) is 0 Å². The van der Waals surface area contributed by atoms with E-state index in [-0.39, 0.29) is 51.5 Å². The first-order chi connectivity index (χ1) is 0. The second kappa shape index (κ2) is 4340. The molecule has 0 amide bonds. The predicted molar refractivity (Wildman–Crippen MR) is 36.4 cm³/mol. The maximum absolute atomic E-state index is 0. The van der Waals surface area contributed by atoms with E-state index in [1.165, 1.54) is 0 Å². The van der Waals surface area contributed by atoms with Crippen molar-refractivity contribution in [3.05, 3.63) is 0 Å². The van der Waals surface area contributed by atoms with Gasteiger partial charge in [-0.3, -0.25) is 28.2 Å². The average Bonchev–Trinajstić information content (AvgIpc) is 0. The quantitative estimate of drug-likeness (QED) is 0.406. The Morgan fingerprint density at radius 2 is 0.333 bits per heavy atom. The molecule has 0 rings (SSSR count). The highest BCUT2D eigenvalue weighted by Gasteiger charge is -0.0148. The summed E-state index contributed by atoms with van der Waals surface area (Å²) in [6.07, 6.45) is 0. The lowest BCUT2D eigenvalue weighted by atomic mass is 14.0. The van der Waals surface area contributed by atoms with E-state index in [0.717, 1.165) is 0 Å². The van der Waals surface area contributed by atoms with Crippen molar-refractivity contribution in [2.75, 3.05) is 0 Å². The molecule has 0 saturated carbocycles. The maximum Gasteiger partial charge on any atom is -0.0149 e. The summed E-state index contributed by atoms with van der Waals surface area (Å²) in [6.45, 7) is 0. The van der Waals surface area contributed by atoms with E-state index in [9.17, 15) is 0 Å². The molecule has 0 aromatic carbocycles. The fraction of sp³-hybridized carbons (Fsp3) is 0. The van der Waals surface area contributed by atoms with E-state index in [1.54, 1.807) is 0 Å². The topological polar surface area (TPSA) is 70.0 Å². The molecule has 0 spiro atoms. The van der Waals surface area contributed by atoms with Gasteiger partial charge in [0.2, 0.25) is 0 Å². The van der Waals surface area contributed by atoms with Crippen LogP contribution in [0.25, 0.3) is 0 Å². The second-order valence-corrected chi connectivity index (χ2v) is 0. The van der Waals surface area contributed by atoms with Gasteiger partial charge in [0.1, 0.15) is 0 Å². The molecule has 9 heavy (non-hydrogen) atoms. The lowest BCUT2D eigenvalue weighted by Gasteiger charge is -0.345. The van der Waals surface area contributed by atoms with Crippen LogP contribution in [0.3, 0.4) is 0 Å². The van der Waals surface area contributed by atoms with E-state index in [0.29, 0.717) is 0 Å². The van der Waals surface area contributed by atoms with Gasteiger partial charge in [-0.25, -0.2) is 0 Å². The Hall–Kier alpha value is -0.283. The molecule has 0 unspecified atom stereocenters. The fourth-order valence-corrected chi connectivity index (χ4v) is 0. The second-order valence-electron chi connectivity index (χ2n) is 0. The molecule has 0 aliphatic carbocycles. The molecule has 0 aliphatic heterocycles. The summed E-state index contributed by atoms with van der Waals surface area (Å²) in [5, 5.41) is 0. The summed E-state index contributed by atoms with van der Waals surface area (Å²) in [5.41, 5.74) is 0. The first-order valence-electron chi connectivity index (χ1n) is 0. The van der Waals surface area contributed by atoms with E-state index < -0.39 is 0 Å². The Morgan fingerprint density at radius 3 is 0.333 bits per heavy atom. The molecular formula is H16F6N2Si. The van der Waals surface area contributed by atoms with Gasteiger partial charge in [0.25, 0.3) is 0 Å². The zero-order valence-electron chi connectivity index (χ0n) is 3.86. The van der Waals surface area contributed by atoms with Crippen molar-refractivity contribution in [1.82, 2.24) is 12.3 Å². The fourth-order valence-electron chi connectivity index (χ4n) is 0. The maximum atomic E-state index is 0. The van der Waals surface area contributed by atoms with Gasteiger partial charge in [-0.2, -0.15) is 0 Å². The van der Waals surface area contributed by atoms with Gasteiger partial charge in [0, 0.05) is 0 Å². The molecule has 72 valence electrons. The number of hydrogen-bond donors (Lipinski definition) is 2. The molecule has 0 bridgehead atoms. The van der Waals surface area contributed by atoms with Gasteiger partial charge in [-0.15, -0.1) is 0 Å². The normalized spacial score (nSPS) is 0. The minimum Gasteiger partial charge on any atom is -0.344 e. The molecule has 6 N–H and O–H groups in total. The third kappa shape index (κ3) is 3150. The van der Waals surface area contributed by atoms with Gasteiger partial charge in [0.15, 0.2) is 0 Å². The first kappa shape index (κ1) is 6480. The Morgan fingerprint density at radius 1 is 0.333 bits per heavy atom. The standard InChI is InChI=1S/6FH.2H3N.H4Si/h6*1H;2*1H3;1H4. The van der Waals surface area contributed by atoms with Crippen molar-refractivity contribution in [3.63, 3.8) is 0 Å². The minimum absolute atomic E-state index is 0. The molecule has 2 nitrogen and oxygen atoms in total. The van der Waals surface area contributed by atoms with Crippen LogP contribution in [-0.2, 0) is 0 Å². The Balaban J connectivity index is 0. The van der Waals surface area contributed by atoms with E-state index in [2.05, 4.69) is 0 Å². The predicted octanol–water partition coefficient (Wildman–Crippen LogP) is -0.213. The molecule has 0 saturated heterocycles. The highest BCUT2D eigenvalue weighted by atomic mass is 28.1.